The monoisotopic (exact) mass is 634 g/mol. The summed E-state index contributed by atoms with van der Waals surface area (Å²) in [5.41, 5.74) is 1.87. The van der Waals surface area contributed by atoms with Crippen LogP contribution in [0, 0.1) is 0 Å². The SMILES string of the molecule is C=C(C)c1ccc2c(ccc3ccccc32)c1S(=O)(=O)[O-].C=C(C)c1ccc2c(ccc3ccccc32)c1S(=O)(=O)[O-].[Ca+2]. The van der Waals surface area contributed by atoms with Crippen LogP contribution >= 0.6 is 0 Å². The van der Waals surface area contributed by atoms with E-state index in [1.54, 1.807) is 38.1 Å². The van der Waals surface area contributed by atoms with E-state index in [1.807, 2.05) is 72.8 Å². The van der Waals surface area contributed by atoms with Gasteiger partial charge in [0, 0.05) is 10.8 Å². The van der Waals surface area contributed by atoms with Gasteiger partial charge >= 0.3 is 37.7 Å². The fourth-order valence-corrected chi connectivity index (χ4v) is 7.25. The summed E-state index contributed by atoms with van der Waals surface area (Å²) in [5.74, 6) is 0. The van der Waals surface area contributed by atoms with Crippen LogP contribution in [0.2, 0.25) is 0 Å². The molecule has 0 saturated carbocycles. The van der Waals surface area contributed by atoms with Crippen molar-refractivity contribution >= 4 is 112 Å². The maximum absolute atomic E-state index is 11.7. The van der Waals surface area contributed by atoms with Gasteiger partial charge in [0.15, 0.2) is 0 Å². The van der Waals surface area contributed by atoms with Crippen LogP contribution in [0.5, 0.6) is 0 Å². The first-order chi connectivity index (χ1) is 19.8. The summed E-state index contributed by atoms with van der Waals surface area (Å²) in [6, 6.07) is 29.4. The molecule has 0 unspecified atom stereocenters. The largest absolute Gasteiger partial charge is 2.00 e. The molecule has 6 rings (SSSR count). The van der Waals surface area contributed by atoms with Gasteiger partial charge in [-0.2, -0.15) is 0 Å². The number of fused-ring (bicyclic) bond motifs is 6. The Morgan fingerprint density at radius 3 is 1.14 bits per heavy atom. The van der Waals surface area contributed by atoms with Crippen molar-refractivity contribution in [2.75, 3.05) is 0 Å². The van der Waals surface area contributed by atoms with Gasteiger partial charge in [0.05, 0.1) is 9.79 Å². The van der Waals surface area contributed by atoms with Gasteiger partial charge in [-0.1, -0.05) is 110 Å². The first-order valence-electron chi connectivity index (χ1n) is 12.9. The number of hydrogen-bond acceptors (Lipinski definition) is 6. The molecule has 0 N–H and O–H groups in total. The average molecular weight is 635 g/mol. The van der Waals surface area contributed by atoms with Crippen molar-refractivity contribution in [3.63, 3.8) is 0 Å². The zero-order valence-electron chi connectivity index (χ0n) is 23.6. The van der Waals surface area contributed by atoms with E-state index in [0.29, 0.717) is 33.0 Å². The van der Waals surface area contributed by atoms with Crippen LogP contribution in [-0.4, -0.2) is 63.7 Å². The fourth-order valence-electron chi connectivity index (χ4n) is 5.33. The Labute approximate surface area is 280 Å². The molecule has 0 atom stereocenters. The van der Waals surface area contributed by atoms with Gasteiger partial charge < -0.3 is 9.11 Å². The Balaban J connectivity index is 0.000000192. The van der Waals surface area contributed by atoms with Crippen molar-refractivity contribution in [2.45, 2.75) is 23.6 Å². The van der Waals surface area contributed by atoms with Crippen LogP contribution in [0.4, 0.5) is 0 Å². The molecule has 0 bridgehead atoms. The molecule has 43 heavy (non-hydrogen) atoms. The molecule has 0 amide bonds. The van der Waals surface area contributed by atoms with E-state index < -0.39 is 20.2 Å². The summed E-state index contributed by atoms with van der Waals surface area (Å²) >= 11 is 0. The van der Waals surface area contributed by atoms with Crippen molar-refractivity contribution in [2.24, 2.45) is 0 Å². The number of hydrogen-bond donors (Lipinski definition) is 0. The van der Waals surface area contributed by atoms with Crippen LogP contribution in [-0.2, 0) is 20.2 Å². The summed E-state index contributed by atoms with van der Waals surface area (Å²) in [6.45, 7) is 10.9. The minimum Gasteiger partial charge on any atom is -0.744 e. The molecule has 0 fully saturated rings. The van der Waals surface area contributed by atoms with Crippen molar-refractivity contribution in [3.8, 4) is 0 Å². The summed E-state index contributed by atoms with van der Waals surface area (Å²) in [7, 11) is -9.17. The number of benzene rings is 6. The number of rotatable bonds is 4. The Hall–Kier alpha value is -3.08. The van der Waals surface area contributed by atoms with E-state index in [1.165, 1.54) is 0 Å². The first-order valence-corrected chi connectivity index (χ1v) is 15.7. The molecule has 6 aromatic carbocycles. The maximum atomic E-state index is 11.7. The molecule has 0 spiro atoms. The molecule has 6 nitrogen and oxygen atoms in total. The molecule has 0 aliphatic rings. The molecular formula is C34H26CaO6S2. The van der Waals surface area contributed by atoms with Crippen molar-refractivity contribution < 1.29 is 25.9 Å². The fraction of sp³-hybridized carbons (Fsp3) is 0.0588. The topological polar surface area (TPSA) is 114 Å². The van der Waals surface area contributed by atoms with E-state index in [0.717, 1.165) is 32.3 Å². The molecule has 212 valence electrons. The minimum absolute atomic E-state index is 0. The molecule has 0 aliphatic heterocycles. The van der Waals surface area contributed by atoms with E-state index in [-0.39, 0.29) is 47.5 Å². The van der Waals surface area contributed by atoms with Crippen LogP contribution in [0.25, 0.3) is 54.2 Å². The van der Waals surface area contributed by atoms with Gasteiger partial charge in [-0.05, 0) is 68.4 Å². The third-order valence-electron chi connectivity index (χ3n) is 7.17. The summed E-state index contributed by atoms with van der Waals surface area (Å²) in [4.78, 5) is -0.364. The van der Waals surface area contributed by atoms with E-state index in [9.17, 15) is 25.9 Å². The quantitative estimate of drug-likeness (QED) is 0.113. The van der Waals surface area contributed by atoms with Crippen molar-refractivity contribution in [1.82, 2.24) is 0 Å². The third kappa shape index (κ3) is 6.42. The predicted molar refractivity (Wildman–Crippen MR) is 174 cm³/mol. The van der Waals surface area contributed by atoms with E-state index in [4.69, 9.17) is 0 Å². The molecule has 0 aromatic heterocycles. The molecule has 9 heteroatoms. The molecule has 0 heterocycles. The molecule has 0 saturated heterocycles. The van der Waals surface area contributed by atoms with E-state index in [2.05, 4.69) is 13.2 Å². The van der Waals surface area contributed by atoms with Crippen LogP contribution in [0.15, 0.2) is 120 Å². The minimum atomic E-state index is -4.58. The van der Waals surface area contributed by atoms with Crippen LogP contribution in [0.3, 0.4) is 0 Å². The van der Waals surface area contributed by atoms with Gasteiger partial charge in [0.2, 0.25) is 0 Å². The van der Waals surface area contributed by atoms with Crippen LogP contribution in [0.1, 0.15) is 25.0 Å². The van der Waals surface area contributed by atoms with Crippen molar-refractivity contribution in [1.29, 1.82) is 0 Å². The summed E-state index contributed by atoms with van der Waals surface area (Å²) in [5, 5.41) is 6.26. The number of allylic oxidation sites excluding steroid dienone is 2. The van der Waals surface area contributed by atoms with Gasteiger partial charge in [0.25, 0.3) is 0 Å². The Morgan fingerprint density at radius 2 is 0.814 bits per heavy atom. The second-order valence-electron chi connectivity index (χ2n) is 10.1. The Morgan fingerprint density at radius 1 is 0.488 bits per heavy atom. The second-order valence-corrected chi connectivity index (χ2v) is 12.8. The summed E-state index contributed by atoms with van der Waals surface area (Å²) in [6.07, 6.45) is 0. The maximum Gasteiger partial charge on any atom is 2.00 e. The zero-order chi connectivity index (χ0) is 30.4. The average Bonchev–Trinajstić information content (AvgIpc) is 2.94. The smallest absolute Gasteiger partial charge is 0.744 e. The van der Waals surface area contributed by atoms with Gasteiger partial charge in [0.1, 0.15) is 20.2 Å². The van der Waals surface area contributed by atoms with Gasteiger partial charge in [-0.15, -0.1) is 0 Å². The molecule has 0 radical (unpaired) electrons. The standard InChI is InChI=1S/2C17H14O3S.Ca/c2*1-11(2)13-9-10-15-14-6-4-3-5-12(14)7-8-16(15)17(13)21(18,19)20;/h2*3-10H,1H2,2H3,(H,18,19,20);/q;;+2/p-2. The third-order valence-corrected chi connectivity index (χ3v) is 9.05. The predicted octanol–water partition coefficient (Wildman–Crippen LogP) is 7.48. The van der Waals surface area contributed by atoms with Crippen LogP contribution < -0.4 is 0 Å². The van der Waals surface area contributed by atoms with E-state index >= 15 is 0 Å². The van der Waals surface area contributed by atoms with Crippen molar-refractivity contribution in [3.05, 3.63) is 121 Å². The molecule has 6 aromatic rings. The Bertz CT molecular complexity index is 2140. The normalized spacial score (nSPS) is 11.6. The van der Waals surface area contributed by atoms with Gasteiger partial charge in [-0.3, -0.25) is 0 Å². The van der Waals surface area contributed by atoms with Gasteiger partial charge in [-0.25, -0.2) is 16.8 Å². The Kier molecular flexibility index (Phi) is 9.54. The zero-order valence-corrected chi connectivity index (χ0v) is 27.5. The molecule has 0 aliphatic carbocycles. The summed E-state index contributed by atoms with van der Waals surface area (Å²) < 4.78 is 70.3. The first kappa shape index (κ1) is 32.8. The molecular weight excluding hydrogens is 609 g/mol. The second kappa shape index (κ2) is 12.5.